The molecule has 4 nitrogen and oxygen atoms in total. The van der Waals surface area contributed by atoms with Gasteiger partial charge in [-0.25, -0.2) is 0 Å². The zero-order valence-corrected chi connectivity index (χ0v) is 13.2. The highest BCUT2D eigenvalue weighted by Gasteiger charge is 2.28. The van der Waals surface area contributed by atoms with Gasteiger partial charge in [0.2, 0.25) is 5.91 Å². The normalized spacial score (nSPS) is 26.6. The third-order valence-electron chi connectivity index (χ3n) is 4.83. The summed E-state index contributed by atoms with van der Waals surface area (Å²) in [5, 5.41) is 6.73. The SMILES string of the molecule is CCNC(C)C1CCCCN1CC(=O)NC1CCCC1. The van der Waals surface area contributed by atoms with Crippen molar-refractivity contribution in [3.8, 4) is 0 Å². The molecule has 1 aliphatic heterocycles. The molecular weight excluding hydrogens is 250 g/mol. The number of nitrogens with one attached hydrogen (secondary N) is 2. The fourth-order valence-electron chi connectivity index (χ4n) is 3.77. The van der Waals surface area contributed by atoms with E-state index < -0.39 is 0 Å². The van der Waals surface area contributed by atoms with Gasteiger partial charge in [0.15, 0.2) is 0 Å². The Balaban J connectivity index is 1.82. The number of nitrogens with zero attached hydrogens (tertiary/aromatic N) is 1. The first-order valence-electron chi connectivity index (χ1n) is 8.47. The molecule has 2 atom stereocenters. The second-order valence-electron chi connectivity index (χ2n) is 6.43. The van der Waals surface area contributed by atoms with E-state index in [-0.39, 0.29) is 5.91 Å². The number of rotatable bonds is 6. The van der Waals surface area contributed by atoms with Gasteiger partial charge in [-0.15, -0.1) is 0 Å². The zero-order chi connectivity index (χ0) is 14.4. The van der Waals surface area contributed by atoms with Gasteiger partial charge in [0.05, 0.1) is 6.54 Å². The molecule has 1 aliphatic carbocycles. The van der Waals surface area contributed by atoms with Crippen molar-refractivity contribution in [3.63, 3.8) is 0 Å². The number of likely N-dealkylation sites (tertiary alicyclic amines) is 1. The van der Waals surface area contributed by atoms with Crippen LogP contribution in [0.4, 0.5) is 0 Å². The number of hydrogen-bond acceptors (Lipinski definition) is 3. The summed E-state index contributed by atoms with van der Waals surface area (Å²) in [5.74, 6) is 0.229. The molecule has 20 heavy (non-hydrogen) atoms. The van der Waals surface area contributed by atoms with Crippen LogP contribution in [0.25, 0.3) is 0 Å². The van der Waals surface area contributed by atoms with Crippen LogP contribution < -0.4 is 10.6 Å². The van der Waals surface area contributed by atoms with E-state index in [4.69, 9.17) is 0 Å². The summed E-state index contributed by atoms with van der Waals surface area (Å²) in [6.07, 6.45) is 8.62. The molecule has 2 aliphatic rings. The molecule has 2 N–H and O–H groups in total. The monoisotopic (exact) mass is 281 g/mol. The molecule has 2 unspecified atom stereocenters. The van der Waals surface area contributed by atoms with E-state index in [9.17, 15) is 4.79 Å². The van der Waals surface area contributed by atoms with E-state index in [1.807, 2.05) is 0 Å². The molecule has 2 rings (SSSR count). The number of likely N-dealkylation sites (N-methyl/N-ethyl adjacent to an activating group) is 1. The first-order valence-corrected chi connectivity index (χ1v) is 8.47. The van der Waals surface area contributed by atoms with Gasteiger partial charge in [-0.3, -0.25) is 9.69 Å². The average Bonchev–Trinajstić information content (AvgIpc) is 2.92. The predicted molar refractivity (Wildman–Crippen MR) is 82.7 cm³/mol. The second-order valence-corrected chi connectivity index (χ2v) is 6.43. The van der Waals surface area contributed by atoms with Gasteiger partial charge < -0.3 is 10.6 Å². The molecule has 1 saturated carbocycles. The molecule has 1 heterocycles. The van der Waals surface area contributed by atoms with Crippen LogP contribution in [0, 0.1) is 0 Å². The Morgan fingerprint density at radius 2 is 1.90 bits per heavy atom. The van der Waals surface area contributed by atoms with E-state index in [0.29, 0.717) is 24.7 Å². The number of piperidine rings is 1. The molecule has 0 radical (unpaired) electrons. The van der Waals surface area contributed by atoms with Crippen LogP contribution in [0.15, 0.2) is 0 Å². The summed E-state index contributed by atoms with van der Waals surface area (Å²) in [7, 11) is 0. The maximum Gasteiger partial charge on any atom is 0.234 e. The van der Waals surface area contributed by atoms with Crippen LogP contribution in [-0.4, -0.2) is 48.6 Å². The number of carbonyl (C=O) groups is 1. The number of carbonyl (C=O) groups excluding carboxylic acids is 1. The summed E-state index contributed by atoms with van der Waals surface area (Å²) >= 11 is 0. The first kappa shape index (κ1) is 15.8. The van der Waals surface area contributed by atoms with Gasteiger partial charge in [-0.05, 0) is 45.7 Å². The summed E-state index contributed by atoms with van der Waals surface area (Å²) in [6, 6.07) is 1.43. The standard InChI is InChI=1S/C16H31N3O/c1-3-17-13(2)15-10-6-7-11-19(15)12-16(20)18-14-8-4-5-9-14/h13-15,17H,3-12H2,1-2H3,(H,18,20). The lowest BCUT2D eigenvalue weighted by molar-refractivity contribution is -0.124. The van der Waals surface area contributed by atoms with Crippen molar-refractivity contribution in [1.29, 1.82) is 0 Å². The fourth-order valence-corrected chi connectivity index (χ4v) is 3.77. The molecule has 4 heteroatoms. The molecule has 0 aromatic carbocycles. The Morgan fingerprint density at radius 3 is 2.60 bits per heavy atom. The van der Waals surface area contributed by atoms with Crippen LogP contribution in [0.2, 0.25) is 0 Å². The highest BCUT2D eigenvalue weighted by molar-refractivity contribution is 5.78. The van der Waals surface area contributed by atoms with Crippen LogP contribution in [0.3, 0.4) is 0 Å². The predicted octanol–water partition coefficient (Wildman–Crippen LogP) is 1.90. The van der Waals surface area contributed by atoms with Gasteiger partial charge in [0.1, 0.15) is 0 Å². The Labute approximate surface area is 123 Å². The lowest BCUT2D eigenvalue weighted by Gasteiger charge is -2.39. The molecule has 0 bridgehead atoms. The second kappa shape index (κ2) is 7.99. The highest BCUT2D eigenvalue weighted by Crippen LogP contribution is 2.20. The molecule has 0 spiro atoms. The maximum absolute atomic E-state index is 12.2. The largest absolute Gasteiger partial charge is 0.352 e. The van der Waals surface area contributed by atoms with Crippen molar-refractivity contribution in [3.05, 3.63) is 0 Å². The smallest absolute Gasteiger partial charge is 0.234 e. The minimum atomic E-state index is 0.229. The van der Waals surface area contributed by atoms with E-state index in [1.165, 1.54) is 44.9 Å². The van der Waals surface area contributed by atoms with Gasteiger partial charge >= 0.3 is 0 Å². The lowest BCUT2D eigenvalue weighted by Crippen LogP contribution is -2.54. The quantitative estimate of drug-likeness (QED) is 0.781. The minimum absolute atomic E-state index is 0.229. The van der Waals surface area contributed by atoms with Crippen molar-refractivity contribution >= 4 is 5.91 Å². The van der Waals surface area contributed by atoms with E-state index in [2.05, 4.69) is 29.4 Å². The highest BCUT2D eigenvalue weighted by atomic mass is 16.2. The number of amides is 1. The van der Waals surface area contributed by atoms with Crippen molar-refractivity contribution < 1.29 is 4.79 Å². The van der Waals surface area contributed by atoms with Gasteiger partial charge in [0.25, 0.3) is 0 Å². The zero-order valence-electron chi connectivity index (χ0n) is 13.2. The van der Waals surface area contributed by atoms with E-state index in [1.54, 1.807) is 0 Å². The third-order valence-corrected chi connectivity index (χ3v) is 4.83. The molecule has 1 saturated heterocycles. The van der Waals surface area contributed by atoms with Gasteiger partial charge in [0, 0.05) is 18.1 Å². The van der Waals surface area contributed by atoms with Gasteiger partial charge in [-0.2, -0.15) is 0 Å². The van der Waals surface area contributed by atoms with Crippen LogP contribution >= 0.6 is 0 Å². The van der Waals surface area contributed by atoms with Crippen LogP contribution in [0.1, 0.15) is 58.8 Å². The Bertz CT molecular complexity index is 302. The summed E-state index contributed by atoms with van der Waals surface area (Å²) in [5.41, 5.74) is 0. The topological polar surface area (TPSA) is 44.4 Å². The summed E-state index contributed by atoms with van der Waals surface area (Å²) in [4.78, 5) is 14.6. The van der Waals surface area contributed by atoms with Crippen molar-refractivity contribution in [1.82, 2.24) is 15.5 Å². The first-order chi connectivity index (χ1) is 9.70. The van der Waals surface area contributed by atoms with E-state index >= 15 is 0 Å². The van der Waals surface area contributed by atoms with Crippen LogP contribution in [0.5, 0.6) is 0 Å². The lowest BCUT2D eigenvalue weighted by atomic mass is 9.96. The Hall–Kier alpha value is -0.610. The summed E-state index contributed by atoms with van der Waals surface area (Å²) < 4.78 is 0. The third kappa shape index (κ3) is 4.45. The van der Waals surface area contributed by atoms with E-state index in [0.717, 1.165) is 13.1 Å². The van der Waals surface area contributed by atoms with Gasteiger partial charge in [-0.1, -0.05) is 26.2 Å². The molecule has 0 aromatic rings. The maximum atomic E-state index is 12.2. The fraction of sp³-hybridized carbons (Fsp3) is 0.938. The number of hydrogen-bond donors (Lipinski definition) is 2. The Morgan fingerprint density at radius 1 is 1.20 bits per heavy atom. The molecule has 0 aromatic heterocycles. The van der Waals surface area contributed by atoms with Crippen molar-refractivity contribution in [2.75, 3.05) is 19.6 Å². The molecule has 1 amide bonds. The van der Waals surface area contributed by atoms with Crippen molar-refractivity contribution in [2.24, 2.45) is 0 Å². The summed E-state index contributed by atoms with van der Waals surface area (Å²) in [6.45, 7) is 7.05. The van der Waals surface area contributed by atoms with Crippen molar-refractivity contribution in [2.45, 2.75) is 76.9 Å². The van der Waals surface area contributed by atoms with Crippen LogP contribution in [-0.2, 0) is 4.79 Å². The Kier molecular flexibility index (Phi) is 6.30. The minimum Gasteiger partial charge on any atom is -0.352 e. The molecule has 116 valence electrons. The molecular formula is C16H31N3O. The average molecular weight is 281 g/mol. The molecule has 2 fully saturated rings.